The Labute approximate surface area is 367 Å². The van der Waals surface area contributed by atoms with Gasteiger partial charge < -0.3 is 30.3 Å². The van der Waals surface area contributed by atoms with Crippen LogP contribution in [0.1, 0.15) is 162 Å². The first-order chi connectivity index (χ1) is 29.5. The first-order valence-corrected chi connectivity index (χ1v) is 24.2. The number of unbranched alkanes of at least 4 members (excludes halogenated alkanes) is 12. The second-order valence-electron chi connectivity index (χ2n) is 15.0. The normalized spacial score (nSPS) is 15.0. The summed E-state index contributed by atoms with van der Waals surface area (Å²) in [5.74, 6) is -2.65. The zero-order chi connectivity index (χ0) is 45.1. The first-order valence-electron chi connectivity index (χ1n) is 22.7. The summed E-state index contributed by atoms with van der Waals surface area (Å²) < 4.78 is 32.5. The molecule has 0 radical (unpaired) electrons. The van der Waals surface area contributed by atoms with Crippen molar-refractivity contribution in [3.05, 3.63) is 85.1 Å². The largest absolute Gasteiger partial charge is 0.480 e. The zero-order valence-corrected chi connectivity index (χ0v) is 38.2. The molecule has 0 amide bonds. The van der Waals surface area contributed by atoms with Crippen LogP contribution >= 0.6 is 7.82 Å². The molecule has 0 spiro atoms. The summed E-state index contributed by atoms with van der Waals surface area (Å²) in [6, 6.07) is -1.56. The predicted octanol–water partition coefficient (Wildman–Crippen LogP) is 11.3. The molecule has 12 nitrogen and oxygen atoms in total. The number of phosphoric ester groups is 1. The van der Waals surface area contributed by atoms with Gasteiger partial charge in [-0.05, 0) is 83.5 Å². The lowest BCUT2D eigenvalue weighted by Crippen LogP contribution is -2.34. The Morgan fingerprint density at radius 2 is 1.07 bits per heavy atom. The van der Waals surface area contributed by atoms with E-state index in [1.54, 1.807) is 12.2 Å². The number of ether oxygens (including phenoxy) is 2. The minimum atomic E-state index is -4.78. The molecule has 0 bridgehead atoms. The molecule has 0 aliphatic carbocycles. The second-order valence-corrected chi connectivity index (χ2v) is 16.5. The van der Waals surface area contributed by atoms with Gasteiger partial charge in [0.05, 0.1) is 19.3 Å². The topological polar surface area (TPSA) is 192 Å². The molecule has 0 saturated heterocycles. The van der Waals surface area contributed by atoms with E-state index in [2.05, 4.69) is 79.1 Å². The summed E-state index contributed by atoms with van der Waals surface area (Å²) in [4.78, 5) is 46.0. The molecule has 13 heteroatoms. The molecule has 0 aliphatic heterocycles. The van der Waals surface area contributed by atoms with Gasteiger partial charge in [-0.25, -0.2) is 4.57 Å². The SMILES string of the molecule is CCCCC/C=C\C/C=C\C/C=C\C/C=C\CCCCCC(=O)OC[C@H](COP(=O)(O)OC[C@H](N)C(=O)O)OC(=O)CCCC(O)/C=C/C=C/C/C=C/CCCCCCCC. The highest BCUT2D eigenvalue weighted by Gasteiger charge is 2.28. The minimum absolute atomic E-state index is 0.0746. The summed E-state index contributed by atoms with van der Waals surface area (Å²) in [7, 11) is -4.78. The number of hydrogen-bond acceptors (Lipinski definition) is 10. The maximum Gasteiger partial charge on any atom is 0.472 e. The number of carboxylic acid groups (broad SMARTS) is 1. The lowest BCUT2D eigenvalue weighted by molar-refractivity contribution is -0.161. The second kappa shape index (κ2) is 41.9. The Kier molecular flexibility index (Phi) is 39.6. The molecule has 4 atom stereocenters. The van der Waals surface area contributed by atoms with Crippen LogP contribution in [0.4, 0.5) is 0 Å². The van der Waals surface area contributed by atoms with Crippen molar-refractivity contribution < 1.29 is 52.6 Å². The summed E-state index contributed by atoms with van der Waals surface area (Å²) in [6.45, 7) is 2.53. The van der Waals surface area contributed by atoms with Crippen LogP contribution in [-0.2, 0) is 37.5 Å². The van der Waals surface area contributed by atoms with Crippen molar-refractivity contribution in [2.24, 2.45) is 5.73 Å². The van der Waals surface area contributed by atoms with E-state index < -0.39 is 63.8 Å². The van der Waals surface area contributed by atoms with Crippen LogP contribution in [0.2, 0.25) is 0 Å². The molecule has 2 unspecified atom stereocenters. The highest BCUT2D eigenvalue weighted by atomic mass is 31.2. The zero-order valence-electron chi connectivity index (χ0n) is 37.3. The number of phosphoric acid groups is 1. The molecule has 348 valence electrons. The van der Waals surface area contributed by atoms with E-state index in [1.165, 1.54) is 57.8 Å². The third-order valence-corrected chi connectivity index (χ3v) is 10.2. The fourth-order valence-corrected chi connectivity index (χ4v) is 6.36. The van der Waals surface area contributed by atoms with E-state index in [0.717, 1.165) is 57.8 Å². The average Bonchev–Trinajstić information content (AvgIpc) is 3.23. The van der Waals surface area contributed by atoms with Crippen LogP contribution in [0, 0.1) is 0 Å². The van der Waals surface area contributed by atoms with E-state index in [1.807, 2.05) is 12.2 Å². The van der Waals surface area contributed by atoms with Gasteiger partial charge >= 0.3 is 25.7 Å². The van der Waals surface area contributed by atoms with Gasteiger partial charge in [0.2, 0.25) is 0 Å². The van der Waals surface area contributed by atoms with E-state index >= 15 is 0 Å². The lowest BCUT2D eigenvalue weighted by Gasteiger charge is -2.20. The Bertz CT molecular complexity index is 1370. The molecule has 0 heterocycles. The Morgan fingerprint density at radius 1 is 0.590 bits per heavy atom. The first kappa shape index (κ1) is 57.6. The standard InChI is InChI=1S/C48H80NO11P/c1-3-5-7-9-11-13-15-17-18-19-20-21-22-24-26-28-30-32-34-38-46(51)57-40-44(41-58-61(55,56)59-42-45(49)48(53)54)60-47(52)39-35-37-43(50)36-33-31-29-27-25-23-16-14-12-10-8-6-4-2/h11,13,17-18,20-21,23-26,29,31,33,36,43-45,50H,3-10,12,14-16,19,22,27-28,30,32,34-35,37-42,49H2,1-2H3,(H,53,54)(H,55,56)/b13-11-,18-17-,21-20-,25-23+,26-24-,31-29+,36-33+/t43?,44-,45+/m1/s1. The number of rotatable bonds is 41. The highest BCUT2D eigenvalue weighted by Crippen LogP contribution is 2.43. The maximum atomic E-state index is 12.6. The average molecular weight is 878 g/mol. The van der Waals surface area contributed by atoms with E-state index in [4.69, 9.17) is 24.8 Å². The third-order valence-electron chi connectivity index (χ3n) is 9.22. The molecular formula is C48H80NO11P. The van der Waals surface area contributed by atoms with Crippen LogP contribution in [-0.4, -0.2) is 71.1 Å². The monoisotopic (exact) mass is 878 g/mol. The lowest BCUT2D eigenvalue weighted by atomic mass is 10.1. The van der Waals surface area contributed by atoms with E-state index in [9.17, 15) is 28.9 Å². The number of nitrogens with two attached hydrogens (primary N) is 1. The summed E-state index contributed by atoms with van der Waals surface area (Å²) in [6.07, 6.45) is 48.2. The van der Waals surface area contributed by atoms with Crippen LogP contribution in [0.15, 0.2) is 85.1 Å². The minimum Gasteiger partial charge on any atom is -0.480 e. The number of carboxylic acids is 1. The predicted molar refractivity (Wildman–Crippen MR) is 246 cm³/mol. The number of allylic oxidation sites excluding steroid dienone is 13. The molecule has 5 N–H and O–H groups in total. The van der Waals surface area contributed by atoms with Crippen molar-refractivity contribution in [1.29, 1.82) is 0 Å². The number of aliphatic hydroxyl groups is 1. The summed E-state index contributed by atoms with van der Waals surface area (Å²) >= 11 is 0. The van der Waals surface area contributed by atoms with Crippen LogP contribution in [0.3, 0.4) is 0 Å². The van der Waals surface area contributed by atoms with Gasteiger partial charge in [0.1, 0.15) is 12.6 Å². The Hall–Kier alpha value is -3.38. The quantitative estimate of drug-likeness (QED) is 0.0150. The van der Waals surface area contributed by atoms with Crippen molar-refractivity contribution in [2.45, 2.75) is 180 Å². The van der Waals surface area contributed by atoms with Crippen molar-refractivity contribution in [1.82, 2.24) is 0 Å². The Balaban J connectivity index is 4.60. The van der Waals surface area contributed by atoms with Crippen LogP contribution in [0.5, 0.6) is 0 Å². The van der Waals surface area contributed by atoms with Crippen molar-refractivity contribution in [2.75, 3.05) is 19.8 Å². The van der Waals surface area contributed by atoms with Gasteiger partial charge in [0.25, 0.3) is 0 Å². The molecule has 0 rings (SSSR count). The molecule has 61 heavy (non-hydrogen) atoms. The van der Waals surface area contributed by atoms with Crippen molar-refractivity contribution in [3.8, 4) is 0 Å². The summed E-state index contributed by atoms with van der Waals surface area (Å²) in [5.41, 5.74) is 5.32. The van der Waals surface area contributed by atoms with Gasteiger partial charge in [-0.1, -0.05) is 150 Å². The molecule has 0 aromatic carbocycles. The third kappa shape index (κ3) is 41.7. The van der Waals surface area contributed by atoms with Crippen LogP contribution < -0.4 is 5.73 Å². The molecule has 0 aromatic heterocycles. The number of hydrogen-bond donors (Lipinski definition) is 4. The van der Waals surface area contributed by atoms with Gasteiger partial charge in [0, 0.05) is 12.8 Å². The van der Waals surface area contributed by atoms with E-state index in [0.29, 0.717) is 19.3 Å². The van der Waals surface area contributed by atoms with Gasteiger partial charge in [-0.3, -0.25) is 23.4 Å². The smallest absolute Gasteiger partial charge is 0.472 e. The fraction of sp³-hybridized carbons (Fsp3) is 0.646. The molecule has 0 aliphatic rings. The maximum absolute atomic E-state index is 12.6. The molecule has 0 fully saturated rings. The van der Waals surface area contributed by atoms with Gasteiger partial charge in [-0.2, -0.15) is 0 Å². The number of carbonyl (C=O) groups is 3. The number of aliphatic carboxylic acids is 1. The molecule has 0 saturated carbocycles. The molecular weight excluding hydrogens is 797 g/mol. The highest BCUT2D eigenvalue weighted by molar-refractivity contribution is 7.47. The van der Waals surface area contributed by atoms with Crippen molar-refractivity contribution >= 4 is 25.7 Å². The fourth-order valence-electron chi connectivity index (χ4n) is 5.59. The van der Waals surface area contributed by atoms with Gasteiger partial charge in [0.15, 0.2) is 6.10 Å². The van der Waals surface area contributed by atoms with Crippen molar-refractivity contribution in [3.63, 3.8) is 0 Å². The van der Waals surface area contributed by atoms with Gasteiger partial charge in [-0.15, -0.1) is 0 Å². The Morgan fingerprint density at radius 3 is 1.66 bits per heavy atom. The number of carbonyl (C=O) groups excluding carboxylic acids is 2. The number of esters is 2. The summed E-state index contributed by atoms with van der Waals surface area (Å²) in [5, 5.41) is 19.2. The van der Waals surface area contributed by atoms with Crippen LogP contribution in [0.25, 0.3) is 0 Å². The van der Waals surface area contributed by atoms with E-state index in [-0.39, 0.29) is 12.8 Å². The molecule has 0 aromatic rings. The number of aliphatic hydroxyl groups excluding tert-OH is 1.